The Balaban J connectivity index is 1.69. The van der Waals surface area contributed by atoms with Gasteiger partial charge in [0.05, 0.1) is 17.8 Å². The second kappa shape index (κ2) is 6.90. The average molecular weight is 331 g/mol. The molecule has 0 bridgehead atoms. The van der Waals surface area contributed by atoms with Gasteiger partial charge in [-0.3, -0.25) is 9.48 Å². The number of furan rings is 1. The van der Waals surface area contributed by atoms with Gasteiger partial charge in [0.15, 0.2) is 0 Å². The third-order valence-electron chi connectivity index (χ3n) is 4.39. The maximum absolute atomic E-state index is 12.5. The maximum atomic E-state index is 12.5. The van der Waals surface area contributed by atoms with E-state index in [0.717, 1.165) is 18.5 Å². The van der Waals surface area contributed by atoms with Crippen LogP contribution < -0.4 is 5.32 Å². The molecule has 1 amide bonds. The monoisotopic (exact) mass is 331 g/mol. The molecule has 0 aromatic carbocycles. The highest BCUT2D eigenvalue weighted by molar-refractivity contribution is 5.95. The van der Waals surface area contributed by atoms with Crippen molar-refractivity contribution in [1.82, 2.24) is 15.1 Å². The normalized spacial score (nSPS) is 15.4. The Morgan fingerprint density at radius 2 is 2.08 bits per heavy atom. The number of carboxylic acids is 1. The standard InChI is InChI=1S/C17H21N3O4/c1-20-10-13(15(19-20)11-5-3-2-4-6-11)16(21)18-9-12-7-8-14(24-12)17(22)23/h7-8,10-11H,2-6,9H2,1H3,(H,18,21)(H,22,23). The Kier molecular flexibility index (Phi) is 4.69. The summed E-state index contributed by atoms with van der Waals surface area (Å²) in [7, 11) is 1.81. The molecule has 0 saturated heterocycles. The molecule has 1 aliphatic rings. The van der Waals surface area contributed by atoms with E-state index in [1.807, 2.05) is 7.05 Å². The van der Waals surface area contributed by atoms with Crippen LogP contribution in [0.25, 0.3) is 0 Å². The van der Waals surface area contributed by atoms with E-state index in [9.17, 15) is 9.59 Å². The highest BCUT2D eigenvalue weighted by Gasteiger charge is 2.25. The second-order valence-electron chi connectivity index (χ2n) is 6.19. The first-order valence-electron chi connectivity index (χ1n) is 8.18. The van der Waals surface area contributed by atoms with E-state index in [-0.39, 0.29) is 18.2 Å². The third kappa shape index (κ3) is 3.50. The van der Waals surface area contributed by atoms with Gasteiger partial charge in [0.1, 0.15) is 5.76 Å². The van der Waals surface area contributed by atoms with Crippen molar-refractivity contribution in [1.29, 1.82) is 0 Å². The number of hydrogen-bond acceptors (Lipinski definition) is 4. The van der Waals surface area contributed by atoms with E-state index < -0.39 is 5.97 Å². The largest absolute Gasteiger partial charge is 0.475 e. The number of amides is 1. The summed E-state index contributed by atoms with van der Waals surface area (Å²) in [6.07, 6.45) is 7.47. The van der Waals surface area contributed by atoms with Crippen molar-refractivity contribution in [3.8, 4) is 0 Å². The topological polar surface area (TPSA) is 97.4 Å². The third-order valence-corrected chi connectivity index (χ3v) is 4.39. The van der Waals surface area contributed by atoms with Gasteiger partial charge in [0.2, 0.25) is 5.76 Å². The summed E-state index contributed by atoms with van der Waals surface area (Å²) >= 11 is 0. The number of carboxylic acid groups (broad SMARTS) is 1. The van der Waals surface area contributed by atoms with Crippen molar-refractivity contribution < 1.29 is 19.1 Å². The van der Waals surface area contributed by atoms with Gasteiger partial charge in [-0.25, -0.2) is 4.79 Å². The summed E-state index contributed by atoms with van der Waals surface area (Å²) in [5.74, 6) is -0.730. The van der Waals surface area contributed by atoms with Gasteiger partial charge in [-0.15, -0.1) is 0 Å². The molecule has 128 valence electrons. The molecule has 7 nitrogen and oxygen atoms in total. The zero-order valence-electron chi connectivity index (χ0n) is 13.6. The number of carbonyl (C=O) groups is 2. The van der Waals surface area contributed by atoms with Crippen molar-refractivity contribution >= 4 is 11.9 Å². The molecular weight excluding hydrogens is 310 g/mol. The molecule has 2 aromatic heterocycles. The van der Waals surface area contributed by atoms with Crippen LogP contribution in [0.3, 0.4) is 0 Å². The zero-order chi connectivity index (χ0) is 17.1. The molecule has 1 saturated carbocycles. The quantitative estimate of drug-likeness (QED) is 0.878. The maximum Gasteiger partial charge on any atom is 0.371 e. The Bertz CT molecular complexity index is 741. The zero-order valence-corrected chi connectivity index (χ0v) is 13.6. The van der Waals surface area contributed by atoms with Crippen LogP contribution in [0, 0.1) is 0 Å². The molecule has 24 heavy (non-hydrogen) atoms. The molecule has 2 aromatic rings. The Labute approximate surface area is 139 Å². The van der Waals surface area contributed by atoms with Crippen LogP contribution in [0.5, 0.6) is 0 Å². The number of hydrogen-bond donors (Lipinski definition) is 2. The first-order valence-corrected chi connectivity index (χ1v) is 8.18. The number of aryl methyl sites for hydroxylation is 1. The number of rotatable bonds is 5. The fraction of sp³-hybridized carbons (Fsp3) is 0.471. The lowest BCUT2D eigenvalue weighted by atomic mass is 9.85. The molecule has 0 atom stereocenters. The average Bonchev–Trinajstić information content (AvgIpc) is 3.20. The number of nitrogens with one attached hydrogen (secondary N) is 1. The molecule has 2 heterocycles. The molecular formula is C17H21N3O4. The van der Waals surface area contributed by atoms with Crippen LogP contribution in [0.4, 0.5) is 0 Å². The molecule has 2 N–H and O–H groups in total. The van der Waals surface area contributed by atoms with Crippen LogP contribution in [-0.2, 0) is 13.6 Å². The van der Waals surface area contributed by atoms with Gasteiger partial charge in [0, 0.05) is 19.2 Å². The van der Waals surface area contributed by atoms with Gasteiger partial charge in [-0.2, -0.15) is 5.10 Å². The van der Waals surface area contributed by atoms with Crippen LogP contribution in [0.1, 0.15) is 70.4 Å². The van der Waals surface area contributed by atoms with Crippen LogP contribution in [-0.4, -0.2) is 26.8 Å². The second-order valence-corrected chi connectivity index (χ2v) is 6.19. The smallest absolute Gasteiger partial charge is 0.371 e. The van der Waals surface area contributed by atoms with Crippen LogP contribution >= 0.6 is 0 Å². The minimum absolute atomic E-state index is 0.136. The fourth-order valence-electron chi connectivity index (χ4n) is 3.21. The lowest BCUT2D eigenvalue weighted by Gasteiger charge is -2.20. The van der Waals surface area contributed by atoms with E-state index in [4.69, 9.17) is 9.52 Å². The van der Waals surface area contributed by atoms with Crippen molar-refractivity contribution in [2.45, 2.75) is 44.6 Å². The molecule has 1 aliphatic carbocycles. The lowest BCUT2D eigenvalue weighted by Crippen LogP contribution is -2.24. The predicted octanol–water partition coefficient (Wildman–Crippen LogP) is 2.69. The first kappa shape index (κ1) is 16.3. The van der Waals surface area contributed by atoms with Crippen molar-refractivity contribution in [3.05, 3.63) is 41.1 Å². The first-order chi connectivity index (χ1) is 11.5. The van der Waals surface area contributed by atoms with Crippen LogP contribution in [0.15, 0.2) is 22.7 Å². The van der Waals surface area contributed by atoms with E-state index in [0.29, 0.717) is 17.2 Å². The van der Waals surface area contributed by atoms with E-state index >= 15 is 0 Å². The molecule has 0 spiro atoms. The summed E-state index contributed by atoms with van der Waals surface area (Å²) in [6, 6.07) is 2.93. The molecule has 3 rings (SSSR count). The summed E-state index contributed by atoms with van der Waals surface area (Å²) in [4.78, 5) is 23.3. The SMILES string of the molecule is Cn1cc(C(=O)NCc2ccc(C(=O)O)o2)c(C2CCCCC2)n1. The minimum atomic E-state index is -1.13. The Morgan fingerprint density at radius 1 is 1.33 bits per heavy atom. The number of aromatic carboxylic acids is 1. The van der Waals surface area contributed by atoms with E-state index in [1.165, 1.54) is 25.3 Å². The van der Waals surface area contributed by atoms with Crippen molar-refractivity contribution in [2.75, 3.05) is 0 Å². The van der Waals surface area contributed by atoms with Gasteiger partial charge < -0.3 is 14.8 Å². The Morgan fingerprint density at radius 3 is 2.75 bits per heavy atom. The van der Waals surface area contributed by atoms with Gasteiger partial charge in [0.25, 0.3) is 5.91 Å². The predicted molar refractivity (Wildman–Crippen MR) is 85.9 cm³/mol. The summed E-state index contributed by atoms with van der Waals surface area (Å²) in [5.41, 5.74) is 1.45. The molecule has 0 aliphatic heterocycles. The number of carbonyl (C=O) groups excluding carboxylic acids is 1. The van der Waals surface area contributed by atoms with Gasteiger partial charge in [-0.1, -0.05) is 19.3 Å². The minimum Gasteiger partial charge on any atom is -0.475 e. The highest BCUT2D eigenvalue weighted by Crippen LogP contribution is 2.33. The van der Waals surface area contributed by atoms with Gasteiger partial charge in [-0.05, 0) is 25.0 Å². The van der Waals surface area contributed by atoms with Crippen molar-refractivity contribution in [3.63, 3.8) is 0 Å². The molecule has 7 heteroatoms. The van der Waals surface area contributed by atoms with Crippen LogP contribution in [0.2, 0.25) is 0 Å². The summed E-state index contributed by atoms with van der Waals surface area (Å²) in [6.45, 7) is 0.144. The number of nitrogens with zero attached hydrogens (tertiary/aromatic N) is 2. The van der Waals surface area contributed by atoms with E-state index in [1.54, 1.807) is 16.9 Å². The molecule has 0 unspecified atom stereocenters. The van der Waals surface area contributed by atoms with Crippen molar-refractivity contribution in [2.24, 2.45) is 7.05 Å². The summed E-state index contributed by atoms with van der Waals surface area (Å²) in [5, 5.41) is 16.1. The van der Waals surface area contributed by atoms with Gasteiger partial charge >= 0.3 is 5.97 Å². The van der Waals surface area contributed by atoms with E-state index in [2.05, 4.69) is 10.4 Å². The summed E-state index contributed by atoms with van der Waals surface area (Å²) < 4.78 is 6.82. The highest BCUT2D eigenvalue weighted by atomic mass is 16.4. The Hall–Kier alpha value is -2.57. The lowest BCUT2D eigenvalue weighted by molar-refractivity contribution is 0.0660. The number of aromatic nitrogens is 2. The molecule has 0 radical (unpaired) electrons. The molecule has 1 fully saturated rings. The fourth-order valence-corrected chi connectivity index (χ4v) is 3.21.